The predicted octanol–water partition coefficient (Wildman–Crippen LogP) is 4.33. The van der Waals surface area contributed by atoms with E-state index < -0.39 is 0 Å². The molecule has 2 fully saturated rings. The highest BCUT2D eigenvalue weighted by Crippen LogP contribution is 2.27. The number of nitrogens with zero attached hydrogens (tertiary/aromatic N) is 3. The molecule has 0 bridgehead atoms. The number of aromatic nitrogens is 1. The standard InChI is InChI=1S/C28H31N3O3/c32-27-13-6-15-30(27)17-18-34-26-12-2-1-9-24(26)28(33)31-16-5-7-21(20-31)19-22-8-3-11-25-23(22)10-4-14-29-25/h1-4,8-12,14,21H,5-7,13,15-20H2. The van der Waals surface area contributed by atoms with Crippen LogP contribution >= 0.6 is 0 Å². The van der Waals surface area contributed by atoms with Gasteiger partial charge in [0.2, 0.25) is 5.91 Å². The Balaban J connectivity index is 1.24. The van der Waals surface area contributed by atoms with Gasteiger partial charge in [-0.25, -0.2) is 0 Å². The van der Waals surface area contributed by atoms with Gasteiger partial charge in [-0.3, -0.25) is 14.6 Å². The molecule has 2 saturated heterocycles. The minimum Gasteiger partial charge on any atom is -0.491 e. The molecule has 1 aromatic heterocycles. The molecule has 2 aliphatic rings. The van der Waals surface area contributed by atoms with E-state index in [1.807, 2.05) is 52.4 Å². The molecule has 2 amide bonds. The first-order chi connectivity index (χ1) is 16.7. The molecule has 2 aliphatic heterocycles. The monoisotopic (exact) mass is 457 g/mol. The molecule has 0 aliphatic carbocycles. The van der Waals surface area contributed by atoms with Crippen LogP contribution in [-0.2, 0) is 11.2 Å². The summed E-state index contributed by atoms with van der Waals surface area (Å²) in [6.07, 6.45) is 6.42. The molecular formula is C28H31N3O3. The predicted molar refractivity (Wildman–Crippen MR) is 132 cm³/mol. The molecule has 0 radical (unpaired) electrons. The molecule has 6 nitrogen and oxygen atoms in total. The molecule has 1 atom stereocenters. The van der Waals surface area contributed by atoms with Gasteiger partial charge >= 0.3 is 0 Å². The van der Waals surface area contributed by atoms with Crippen molar-refractivity contribution < 1.29 is 14.3 Å². The molecule has 2 aromatic carbocycles. The Kier molecular flexibility index (Phi) is 6.74. The number of para-hydroxylation sites is 1. The Morgan fingerprint density at radius 2 is 1.94 bits per heavy atom. The van der Waals surface area contributed by atoms with Crippen LogP contribution in [0.2, 0.25) is 0 Å². The Morgan fingerprint density at radius 1 is 1.03 bits per heavy atom. The second-order valence-electron chi connectivity index (χ2n) is 9.28. The quantitative estimate of drug-likeness (QED) is 0.530. The summed E-state index contributed by atoms with van der Waals surface area (Å²) in [7, 11) is 0. The lowest BCUT2D eigenvalue weighted by Crippen LogP contribution is -2.40. The number of ether oxygens (including phenoxy) is 1. The van der Waals surface area contributed by atoms with E-state index in [1.54, 1.807) is 0 Å². The number of rotatable bonds is 7. The summed E-state index contributed by atoms with van der Waals surface area (Å²) in [5.74, 6) is 1.23. The summed E-state index contributed by atoms with van der Waals surface area (Å²) in [5.41, 5.74) is 2.92. The molecule has 3 aromatic rings. The van der Waals surface area contributed by atoms with Gasteiger partial charge in [0.25, 0.3) is 5.91 Å². The Hall–Kier alpha value is -3.41. The van der Waals surface area contributed by atoms with Gasteiger partial charge in [-0.15, -0.1) is 0 Å². The SMILES string of the molecule is O=C1CCCN1CCOc1ccccc1C(=O)N1CCCC(Cc2cccc3ncccc23)C1. The second-order valence-corrected chi connectivity index (χ2v) is 9.28. The number of pyridine rings is 1. The zero-order valence-electron chi connectivity index (χ0n) is 19.5. The van der Waals surface area contributed by atoms with Crippen LogP contribution in [-0.4, -0.2) is 59.4 Å². The Bertz CT molecular complexity index is 1170. The van der Waals surface area contributed by atoms with Crippen LogP contribution in [0.15, 0.2) is 60.8 Å². The first kappa shape index (κ1) is 22.4. The van der Waals surface area contributed by atoms with Crippen molar-refractivity contribution in [2.45, 2.75) is 32.1 Å². The number of hydrogen-bond acceptors (Lipinski definition) is 4. The lowest BCUT2D eigenvalue weighted by molar-refractivity contribution is -0.128. The van der Waals surface area contributed by atoms with Crippen molar-refractivity contribution in [1.29, 1.82) is 0 Å². The van der Waals surface area contributed by atoms with Crippen molar-refractivity contribution in [3.05, 3.63) is 71.9 Å². The third-order valence-corrected chi connectivity index (χ3v) is 6.96. The maximum absolute atomic E-state index is 13.5. The number of fused-ring (bicyclic) bond motifs is 1. The van der Waals surface area contributed by atoms with E-state index in [0.717, 1.165) is 50.8 Å². The van der Waals surface area contributed by atoms with Crippen molar-refractivity contribution in [2.75, 3.05) is 32.8 Å². The van der Waals surface area contributed by atoms with E-state index in [2.05, 4.69) is 23.2 Å². The Labute approximate surface area is 200 Å². The lowest BCUT2D eigenvalue weighted by atomic mass is 9.89. The van der Waals surface area contributed by atoms with Crippen LogP contribution in [0.25, 0.3) is 10.9 Å². The van der Waals surface area contributed by atoms with Crippen molar-refractivity contribution >= 4 is 22.7 Å². The van der Waals surface area contributed by atoms with Crippen LogP contribution in [0, 0.1) is 5.92 Å². The summed E-state index contributed by atoms with van der Waals surface area (Å²) < 4.78 is 5.98. The van der Waals surface area contributed by atoms with E-state index in [4.69, 9.17) is 4.74 Å². The van der Waals surface area contributed by atoms with Crippen molar-refractivity contribution in [3.63, 3.8) is 0 Å². The number of benzene rings is 2. The minimum atomic E-state index is 0.0251. The van der Waals surface area contributed by atoms with Gasteiger partial charge in [-0.2, -0.15) is 0 Å². The zero-order chi connectivity index (χ0) is 23.3. The number of likely N-dealkylation sites (tertiary alicyclic amines) is 2. The zero-order valence-corrected chi connectivity index (χ0v) is 19.5. The first-order valence-corrected chi connectivity index (χ1v) is 12.3. The number of carbonyl (C=O) groups is 2. The molecule has 176 valence electrons. The number of carbonyl (C=O) groups excluding carboxylic acids is 2. The summed E-state index contributed by atoms with van der Waals surface area (Å²) >= 11 is 0. The fourth-order valence-electron chi connectivity index (χ4n) is 5.22. The summed E-state index contributed by atoms with van der Waals surface area (Å²) in [6, 6.07) is 17.9. The molecule has 0 saturated carbocycles. The van der Waals surface area contributed by atoms with Gasteiger partial charge in [0.1, 0.15) is 12.4 Å². The van der Waals surface area contributed by atoms with Gasteiger partial charge in [-0.05, 0) is 61.4 Å². The highest BCUT2D eigenvalue weighted by atomic mass is 16.5. The minimum absolute atomic E-state index is 0.0251. The van der Waals surface area contributed by atoms with Crippen LogP contribution in [0.1, 0.15) is 41.6 Å². The molecule has 5 rings (SSSR count). The highest BCUT2D eigenvalue weighted by Gasteiger charge is 2.27. The lowest BCUT2D eigenvalue weighted by Gasteiger charge is -2.33. The van der Waals surface area contributed by atoms with E-state index in [-0.39, 0.29) is 11.8 Å². The largest absolute Gasteiger partial charge is 0.491 e. The average Bonchev–Trinajstić information content (AvgIpc) is 3.29. The van der Waals surface area contributed by atoms with E-state index in [1.165, 1.54) is 10.9 Å². The van der Waals surface area contributed by atoms with Crippen LogP contribution < -0.4 is 4.74 Å². The molecule has 6 heteroatoms. The highest BCUT2D eigenvalue weighted by molar-refractivity contribution is 5.97. The van der Waals surface area contributed by atoms with Crippen molar-refractivity contribution in [3.8, 4) is 5.75 Å². The maximum Gasteiger partial charge on any atom is 0.257 e. The molecule has 34 heavy (non-hydrogen) atoms. The molecule has 1 unspecified atom stereocenters. The van der Waals surface area contributed by atoms with E-state index in [0.29, 0.717) is 36.8 Å². The van der Waals surface area contributed by atoms with Gasteiger partial charge in [0, 0.05) is 37.6 Å². The van der Waals surface area contributed by atoms with Crippen molar-refractivity contribution in [1.82, 2.24) is 14.8 Å². The van der Waals surface area contributed by atoms with Crippen LogP contribution in [0.3, 0.4) is 0 Å². The second kappa shape index (κ2) is 10.2. The summed E-state index contributed by atoms with van der Waals surface area (Å²) in [5, 5.41) is 1.20. The van der Waals surface area contributed by atoms with Gasteiger partial charge in [0.15, 0.2) is 0 Å². The number of hydrogen-bond donors (Lipinski definition) is 0. The molecule has 0 N–H and O–H groups in total. The van der Waals surface area contributed by atoms with E-state index in [9.17, 15) is 9.59 Å². The number of piperidine rings is 1. The van der Waals surface area contributed by atoms with Gasteiger partial charge < -0.3 is 14.5 Å². The van der Waals surface area contributed by atoms with Crippen LogP contribution in [0.4, 0.5) is 0 Å². The van der Waals surface area contributed by atoms with Crippen LogP contribution in [0.5, 0.6) is 5.75 Å². The number of amides is 2. The first-order valence-electron chi connectivity index (χ1n) is 12.3. The molecule has 3 heterocycles. The topological polar surface area (TPSA) is 62.7 Å². The molecule has 0 spiro atoms. The van der Waals surface area contributed by atoms with Gasteiger partial charge in [0.05, 0.1) is 17.6 Å². The Morgan fingerprint density at radius 3 is 2.82 bits per heavy atom. The average molecular weight is 458 g/mol. The smallest absolute Gasteiger partial charge is 0.257 e. The van der Waals surface area contributed by atoms with Gasteiger partial charge in [-0.1, -0.05) is 30.3 Å². The fourth-order valence-corrected chi connectivity index (χ4v) is 5.22. The van der Waals surface area contributed by atoms with E-state index >= 15 is 0 Å². The summed E-state index contributed by atoms with van der Waals surface area (Å²) in [6.45, 7) is 3.26. The van der Waals surface area contributed by atoms with Crippen molar-refractivity contribution in [2.24, 2.45) is 5.92 Å². The maximum atomic E-state index is 13.5. The third kappa shape index (κ3) is 4.91. The third-order valence-electron chi connectivity index (χ3n) is 6.96. The molecular weight excluding hydrogens is 426 g/mol. The fraction of sp³-hybridized carbons (Fsp3) is 0.393. The summed E-state index contributed by atoms with van der Waals surface area (Å²) in [4.78, 5) is 33.6. The normalized spacial score (nSPS) is 18.5.